The third-order valence-electron chi connectivity index (χ3n) is 4.93. The van der Waals surface area contributed by atoms with E-state index in [4.69, 9.17) is 9.47 Å². The van der Waals surface area contributed by atoms with Gasteiger partial charge < -0.3 is 14.4 Å². The van der Waals surface area contributed by atoms with E-state index in [-0.39, 0.29) is 5.91 Å². The van der Waals surface area contributed by atoms with Crippen LogP contribution in [0.2, 0.25) is 0 Å². The number of hydrogen-bond donors (Lipinski definition) is 0. The smallest absolute Gasteiger partial charge is 0.219 e. The molecule has 0 aromatic carbocycles. The molecular formula is C15H28N2O3. The molecular weight excluding hydrogens is 256 g/mol. The van der Waals surface area contributed by atoms with E-state index in [1.165, 1.54) is 6.42 Å². The van der Waals surface area contributed by atoms with Crippen LogP contribution in [0.4, 0.5) is 0 Å². The maximum Gasteiger partial charge on any atom is 0.219 e. The number of ether oxygens (including phenoxy) is 2. The fraction of sp³-hybridized carbons (Fsp3) is 0.933. The molecule has 2 aliphatic heterocycles. The van der Waals surface area contributed by atoms with E-state index >= 15 is 0 Å². The minimum atomic E-state index is 0.211. The van der Waals surface area contributed by atoms with Gasteiger partial charge in [-0.05, 0) is 24.7 Å². The van der Waals surface area contributed by atoms with Gasteiger partial charge >= 0.3 is 0 Å². The SMILES string of the molecule is COCCN1CC2(CCN(C(C)=O)CC2)C[C@H]1COC. The number of rotatable bonds is 5. The van der Waals surface area contributed by atoms with E-state index < -0.39 is 0 Å². The summed E-state index contributed by atoms with van der Waals surface area (Å²) in [5, 5.41) is 0. The number of amides is 1. The van der Waals surface area contributed by atoms with Crippen LogP contribution in [0.3, 0.4) is 0 Å². The standard InChI is InChI=1S/C15H28N2O3/c1-13(18)16-6-4-15(5-7-16)10-14(11-20-3)17(12-15)8-9-19-2/h14H,4-12H2,1-3H3/t14-/m0/s1. The Kier molecular flexibility index (Phi) is 5.41. The highest BCUT2D eigenvalue weighted by Crippen LogP contribution is 2.43. The number of carbonyl (C=O) groups excluding carboxylic acids is 1. The number of hydrogen-bond acceptors (Lipinski definition) is 4. The lowest BCUT2D eigenvalue weighted by molar-refractivity contribution is -0.131. The highest BCUT2D eigenvalue weighted by Gasteiger charge is 2.45. The van der Waals surface area contributed by atoms with Crippen LogP contribution in [0, 0.1) is 5.41 Å². The average molecular weight is 284 g/mol. The van der Waals surface area contributed by atoms with E-state index in [2.05, 4.69) is 4.90 Å². The first-order valence-corrected chi connectivity index (χ1v) is 7.58. The molecule has 0 aromatic heterocycles. The zero-order chi connectivity index (χ0) is 14.6. The van der Waals surface area contributed by atoms with Crippen molar-refractivity contribution < 1.29 is 14.3 Å². The van der Waals surface area contributed by atoms with Gasteiger partial charge in [0.15, 0.2) is 0 Å². The molecule has 0 N–H and O–H groups in total. The second-order valence-electron chi connectivity index (χ2n) is 6.28. The highest BCUT2D eigenvalue weighted by atomic mass is 16.5. The molecule has 2 fully saturated rings. The summed E-state index contributed by atoms with van der Waals surface area (Å²) in [5.74, 6) is 0.211. The molecule has 116 valence electrons. The van der Waals surface area contributed by atoms with Gasteiger partial charge in [0.2, 0.25) is 5.91 Å². The van der Waals surface area contributed by atoms with Gasteiger partial charge in [-0.2, -0.15) is 0 Å². The summed E-state index contributed by atoms with van der Waals surface area (Å²) in [7, 11) is 3.53. The molecule has 5 heteroatoms. The van der Waals surface area contributed by atoms with Crippen LogP contribution >= 0.6 is 0 Å². The van der Waals surface area contributed by atoms with Crippen molar-refractivity contribution in [1.82, 2.24) is 9.80 Å². The Labute approximate surface area is 122 Å². The van der Waals surface area contributed by atoms with E-state index in [9.17, 15) is 4.79 Å². The predicted octanol–water partition coefficient (Wildman–Crippen LogP) is 0.982. The van der Waals surface area contributed by atoms with Crippen molar-refractivity contribution in [3.8, 4) is 0 Å². The van der Waals surface area contributed by atoms with Gasteiger partial charge in [0, 0.05) is 53.4 Å². The molecule has 2 saturated heterocycles. The van der Waals surface area contributed by atoms with Crippen LogP contribution in [-0.4, -0.2) is 75.4 Å². The van der Waals surface area contributed by atoms with E-state index in [0.717, 1.165) is 52.2 Å². The number of methoxy groups -OCH3 is 2. The molecule has 0 aromatic rings. The first kappa shape index (κ1) is 15.7. The van der Waals surface area contributed by atoms with E-state index in [0.29, 0.717) is 11.5 Å². The van der Waals surface area contributed by atoms with Gasteiger partial charge in [0.25, 0.3) is 0 Å². The summed E-state index contributed by atoms with van der Waals surface area (Å²) in [4.78, 5) is 15.9. The third kappa shape index (κ3) is 3.51. The normalized spacial score (nSPS) is 26.4. The maximum absolute atomic E-state index is 11.5. The first-order valence-electron chi connectivity index (χ1n) is 7.58. The Hall–Kier alpha value is -0.650. The van der Waals surface area contributed by atoms with Crippen LogP contribution in [0.5, 0.6) is 0 Å². The van der Waals surface area contributed by atoms with Crippen molar-refractivity contribution in [2.24, 2.45) is 5.41 Å². The van der Waals surface area contributed by atoms with Crippen LogP contribution in [0.15, 0.2) is 0 Å². The summed E-state index contributed by atoms with van der Waals surface area (Å²) >= 11 is 0. The fourth-order valence-electron chi connectivity index (χ4n) is 3.74. The molecule has 1 amide bonds. The quantitative estimate of drug-likeness (QED) is 0.755. The predicted molar refractivity (Wildman–Crippen MR) is 77.7 cm³/mol. The Morgan fingerprint density at radius 3 is 2.50 bits per heavy atom. The summed E-state index contributed by atoms with van der Waals surface area (Å²) < 4.78 is 10.6. The van der Waals surface area contributed by atoms with Crippen molar-refractivity contribution in [1.29, 1.82) is 0 Å². The Bertz CT molecular complexity index is 327. The molecule has 0 saturated carbocycles. The Morgan fingerprint density at radius 1 is 1.25 bits per heavy atom. The molecule has 0 aliphatic carbocycles. The molecule has 0 unspecified atom stereocenters. The zero-order valence-corrected chi connectivity index (χ0v) is 13.1. The number of likely N-dealkylation sites (tertiary alicyclic amines) is 2. The van der Waals surface area contributed by atoms with Gasteiger partial charge in [-0.15, -0.1) is 0 Å². The molecule has 2 rings (SSSR count). The minimum Gasteiger partial charge on any atom is -0.383 e. The molecule has 1 atom stereocenters. The number of piperidine rings is 1. The largest absolute Gasteiger partial charge is 0.383 e. The molecule has 2 aliphatic rings. The lowest BCUT2D eigenvalue weighted by Gasteiger charge is -2.39. The topological polar surface area (TPSA) is 42.0 Å². The van der Waals surface area contributed by atoms with Gasteiger partial charge in [-0.25, -0.2) is 0 Å². The number of nitrogens with zero attached hydrogens (tertiary/aromatic N) is 2. The number of carbonyl (C=O) groups is 1. The van der Waals surface area contributed by atoms with Crippen molar-refractivity contribution in [3.05, 3.63) is 0 Å². The lowest BCUT2D eigenvalue weighted by atomic mass is 9.76. The van der Waals surface area contributed by atoms with Crippen LogP contribution < -0.4 is 0 Å². The Balaban J connectivity index is 1.94. The van der Waals surface area contributed by atoms with Crippen molar-refractivity contribution in [3.63, 3.8) is 0 Å². The molecule has 20 heavy (non-hydrogen) atoms. The second-order valence-corrected chi connectivity index (χ2v) is 6.28. The van der Waals surface area contributed by atoms with Gasteiger partial charge in [-0.3, -0.25) is 9.69 Å². The summed E-state index contributed by atoms with van der Waals surface area (Å²) in [6, 6.07) is 0.499. The summed E-state index contributed by atoms with van der Waals surface area (Å²) in [6.45, 7) is 7.15. The van der Waals surface area contributed by atoms with Crippen molar-refractivity contribution >= 4 is 5.91 Å². The fourth-order valence-corrected chi connectivity index (χ4v) is 3.74. The zero-order valence-electron chi connectivity index (χ0n) is 13.1. The average Bonchev–Trinajstić information content (AvgIpc) is 2.75. The van der Waals surface area contributed by atoms with Crippen LogP contribution in [0.25, 0.3) is 0 Å². The first-order chi connectivity index (χ1) is 9.60. The lowest BCUT2D eigenvalue weighted by Crippen LogP contribution is -2.43. The van der Waals surface area contributed by atoms with Crippen molar-refractivity contribution in [2.45, 2.75) is 32.2 Å². The van der Waals surface area contributed by atoms with Crippen LogP contribution in [-0.2, 0) is 14.3 Å². The summed E-state index contributed by atoms with van der Waals surface area (Å²) in [5.41, 5.74) is 0.378. The highest BCUT2D eigenvalue weighted by molar-refractivity contribution is 5.73. The molecule has 1 spiro atoms. The summed E-state index contributed by atoms with van der Waals surface area (Å²) in [6.07, 6.45) is 3.43. The monoisotopic (exact) mass is 284 g/mol. The molecule has 0 bridgehead atoms. The van der Waals surface area contributed by atoms with Gasteiger partial charge in [0.1, 0.15) is 0 Å². The van der Waals surface area contributed by atoms with E-state index in [1.807, 2.05) is 4.90 Å². The second kappa shape index (κ2) is 6.87. The molecule has 2 heterocycles. The molecule has 5 nitrogen and oxygen atoms in total. The van der Waals surface area contributed by atoms with Gasteiger partial charge in [-0.1, -0.05) is 0 Å². The molecule has 0 radical (unpaired) electrons. The van der Waals surface area contributed by atoms with E-state index in [1.54, 1.807) is 21.1 Å². The van der Waals surface area contributed by atoms with Crippen molar-refractivity contribution in [2.75, 3.05) is 53.6 Å². The Morgan fingerprint density at radius 2 is 1.95 bits per heavy atom. The maximum atomic E-state index is 11.5. The minimum absolute atomic E-state index is 0.211. The van der Waals surface area contributed by atoms with Gasteiger partial charge in [0.05, 0.1) is 13.2 Å². The van der Waals surface area contributed by atoms with Crippen LogP contribution in [0.1, 0.15) is 26.2 Å². The third-order valence-corrected chi connectivity index (χ3v) is 4.93.